The smallest absolute Gasteiger partial charge is 0.497 e. The molecule has 0 unspecified atom stereocenters. The molecule has 14 heteroatoms. The maximum Gasteiger partial charge on any atom is 0.679 e. The average molecular weight is 1090 g/mol. The first kappa shape index (κ1) is 51.4. The number of amidine groups is 1. The van der Waals surface area contributed by atoms with Crippen LogP contribution >= 0.6 is 23.5 Å². The number of halogens is 2. The Kier molecular flexibility index (Phi) is 14.0. The maximum atomic E-state index is 16.8. The van der Waals surface area contributed by atoms with E-state index in [0.717, 1.165) is 52.4 Å². The van der Waals surface area contributed by atoms with Gasteiger partial charge >= 0.3 is 7.40 Å². The Bertz CT molecular complexity index is 4140. The molecule has 0 fully saturated rings. The summed E-state index contributed by atoms with van der Waals surface area (Å²) in [7, 11) is 7.37. The molecule has 0 N–H and O–H groups in total. The quantitative estimate of drug-likeness (QED) is 0.0991. The molecule has 0 radical (unpaired) electrons. The molecule has 0 aliphatic carbocycles. The molecule has 4 heterocycles. The van der Waals surface area contributed by atoms with Crippen molar-refractivity contribution in [2.75, 3.05) is 52.3 Å². The zero-order valence-corrected chi connectivity index (χ0v) is 46.0. The van der Waals surface area contributed by atoms with Crippen LogP contribution in [0.3, 0.4) is 0 Å². The van der Waals surface area contributed by atoms with Gasteiger partial charge in [-0.3, -0.25) is 8.63 Å². The van der Waals surface area contributed by atoms with Crippen LogP contribution in [0.4, 0.5) is 37.2 Å². The Hall–Kier alpha value is -9.34. The van der Waals surface area contributed by atoms with Crippen LogP contribution in [0, 0.1) is 23.7 Å². The van der Waals surface area contributed by atoms with Crippen LogP contribution in [0.25, 0.3) is 28.0 Å². The van der Waals surface area contributed by atoms with Gasteiger partial charge in [0.1, 0.15) is 28.8 Å². The summed E-state index contributed by atoms with van der Waals surface area (Å²) in [5, 5.41) is 0. The van der Waals surface area contributed by atoms with Gasteiger partial charge in [0.25, 0.3) is 0 Å². The first-order chi connectivity index (χ1) is 39.1. The third-order valence-electron chi connectivity index (χ3n) is 14.2. The molecule has 0 saturated carbocycles. The molecule has 1 aromatic heterocycles. The summed E-state index contributed by atoms with van der Waals surface area (Å²) in [6.07, 6.45) is 0. The lowest BCUT2D eigenvalue weighted by Crippen LogP contribution is -2.14. The van der Waals surface area contributed by atoms with Gasteiger partial charge < -0.3 is 33.2 Å². The van der Waals surface area contributed by atoms with E-state index in [1.807, 2.05) is 116 Å². The third-order valence-corrected chi connectivity index (χ3v) is 16.4. The van der Waals surface area contributed by atoms with Gasteiger partial charge in [0.15, 0.2) is 5.84 Å². The summed E-state index contributed by atoms with van der Waals surface area (Å²) >= 11 is 3.37. The second-order valence-corrected chi connectivity index (χ2v) is 20.9. The topological polar surface area (TPSA) is 73.0 Å². The number of anilines is 4. The minimum absolute atomic E-state index is 0.0660. The van der Waals surface area contributed by atoms with Crippen molar-refractivity contribution in [3.63, 3.8) is 0 Å². The number of rotatable bonds is 10. The van der Waals surface area contributed by atoms with E-state index in [4.69, 9.17) is 28.9 Å². The van der Waals surface area contributed by atoms with Crippen molar-refractivity contribution in [2.45, 2.75) is 19.6 Å². The molecule has 8 aromatic carbocycles. The number of aliphatic imine (C=N–C) groups is 2. The van der Waals surface area contributed by atoms with Crippen molar-refractivity contribution in [1.29, 1.82) is 0 Å². The van der Waals surface area contributed by atoms with Crippen molar-refractivity contribution in [2.24, 2.45) is 9.98 Å². The molecule has 3 aliphatic heterocycles. The Morgan fingerprint density at radius 2 is 0.912 bits per heavy atom. The fourth-order valence-electron chi connectivity index (χ4n) is 10.1. The molecule has 9 aromatic rings. The Balaban J connectivity index is 1.11. The lowest BCUT2D eigenvalue weighted by molar-refractivity contribution is 0.414. The van der Waals surface area contributed by atoms with E-state index in [9.17, 15) is 0 Å². The van der Waals surface area contributed by atoms with E-state index in [2.05, 4.69) is 76.9 Å². The van der Waals surface area contributed by atoms with Crippen LogP contribution in [0.5, 0.6) is 23.0 Å². The lowest BCUT2D eigenvalue weighted by Gasteiger charge is -2.29. The van der Waals surface area contributed by atoms with Gasteiger partial charge in [0.05, 0.1) is 73.7 Å². The van der Waals surface area contributed by atoms with Crippen molar-refractivity contribution in [3.05, 3.63) is 215 Å². The first-order valence-electron chi connectivity index (χ1n) is 25.5. The molecular formula is C66H48BF2N5O4S2. The highest BCUT2D eigenvalue weighted by atomic mass is 32.2. The number of nitrogens with zero attached hydrogens (tertiary/aromatic N) is 5. The zero-order chi connectivity index (χ0) is 55.0. The molecule has 0 amide bonds. The second-order valence-electron chi connectivity index (χ2n) is 18.8. The van der Waals surface area contributed by atoms with Crippen molar-refractivity contribution >= 4 is 76.6 Å². The van der Waals surface area contributed by atoms with Crippen molar-refractivity contribution in [1.82, 2.24) is 4.48 Å². The molecule has 390 valence electrons. The van der Waals surface area contributed by atoms with E-state index < -0.39 is 7.40 Å². The molecule has 3 aliphatic rings. The van der Waals surface area contributed by atoms with Crippen molar-refractivity contribution < 1.29 is 27.6 Å². The Morgan fingerprint density at radius 3 is 1.40 bits per heavy atom. The van der Waals surface area contributed by atoms with Gasteiger partial charge in [-0.05, 0) is 150 Å². The first-order valence-corrected chi connectivity index (χ1v) is 27.1. The number of para-hydroxylation sites is 2. The second kappa shape index (κ2) is 21.8. The van der Waals surface area contributed by atoms with Gasteiger partial charge in [-0.15, -0.1) is 0 Å². The van der Waals surface area contributed by atoms with E-state index in [-0.39, 0.29) is 17.3 Å². The number of benzene rings is 8. The number of methoxy groups -OCH3 is 4. The van der Waals surface area contributed by atoms with Crippen LogP contribution in [0.2, 0.25) is 0 Å². The molecule has 0 bridgehead atoms. The fraction of sp³-hybridized carbons (Fsp3) is 0.0909. The van der Waals surface area contributed by atoms with Gasteiger partial charge in [0.2, 0.25) is 0 Å². The summed E-state index contributed by atoms with van der Waals surface area (Å²) in [6.45, 7) is 0. The van der Waals surface area contributed by atoms with Gasteiger partial charge in [0, 0.05) is 61.5 Å². The Morgan fingerprint density at radius 1 is 0.475 bits per heavy atom. The summed E-state index contributed by atoms with van der Waals surface area (Å²) in [5.41, 5.74) is 10.7. The fourth-order valence-corrected chi connectivity index (χ4v) is 12.5. The highest BCUT2D eigenvalue weighted by molar-refractivity contribution is 8.00. The standard InChI is InChI=1S/C66H48BF2N5O4S2/c1-72-53-11-7-9-13-57(53)79-59-39-41(17-37-55(59)72)15-35-51-61(43-19-27-47(75-3)28-20-43)65(70-63(51)45-23-31-49(77-5)32-24-45)71-66-62(44-21-29-48(76-4)30-22-44)52(64(74(66)67(68)69)46-25-33-50(78-6)34-26-46)36-16-42-18-38-56-60(40-42)80-58-14-10-8-12-54(58)73(56)2/h7-14,17-34,37-40H,1-6H3/b71-65-. The minimum Gasteiger partial charge on any atom is -0.497 e. The summed E-state index contributed by atoms with van der Waals surface area (Å²) in [4.78, 5) is 19.4. The largest absolute Gasteiger partial charge is 0.679 e. The third kappa shape index (κ3) is 9.63. The highest BCUT2D eigenvalue weighted by Crippen LogP contribution is 2.50. The van der Waals surface area contributed by atoms with E-state index in [1.54, 1.807) is 88.4 Å². The molecule has 0 saturated heterocycles. The summed E-state index contributed by atoms with van der Waals surface area (Å²) in [6, 6.07) is 58.2. The van der Waals surface area contributed by atoms with Crippen LogP contribution in [0.1, 0.15) is 27.8 Å². The SMILES string of the molecule is COc1ccc(C2=N/C(=N\c3c(-c4ccc(OC)cc4)c(C#Cc4ccc5c(c4)Sc4ccccc4N5C)c(-c4ccc(OC)cc4)n3B(F)F)C(c3ccc(OC)cc3)=C2C#Cc2ccc3c(c2)Sc2ccccc2N3C)cc1. The number of aromatic nitrogens is 1. The molecule has 12 rings (SSSR count). The van der Waals surface area contributed by atoms with Crippen molar-refractivity contribution in [3.8, 4) is 69.1 Å². The summed E-state index contributed by atoms with van der Waals surface area (Å²) < 4.78 is 56.9. The predicted molar refractivity (Wildman–Crippen MR) is 321 cm³/mol. The lowest BCUT2D eigenvalue weighted by atomic mass is 9.95. The minimum atomic E-state index is -3.11. The number of ether oxygens (including phenoxy) is 4. The predicted octanol–water partition coefficient (Wildman–Crippen LogP) is 15.5. The van der Waals surface area contributed by atoms with Gasteiger partial charge in [-0.25, -0.2) is 9.98 Å². The average Bonchev–Trinajstić information content (AvgIpc) is 4.18. The monoisotopic (exact) mass is 1090 g/mol. The van der Waals surface area contributed by atoms with Crippen LogP contribution in [0.15, 0.2) is 217 Å². The molecular weight excluding hydrogens is 1040 g/mol. The highest BCUT2D eigenvalue weighted by Gasteiger charge is 2.35. The van der Waals surface area contributed by atoms with E-state index in [0.29, 0.717) is 78.8 Å². The molecule has 0 spiro atoms. The van der Waals surface area contributed by atoms with Gasteiger partial charge in [-0.2, -0.15) is 0 Å². The van der Waals surface area contributed by atoms with Crippen LogP contribution < -0.4 is 28.7 Å². The number of hydrogen-bond acceptors (Lipinski definition) is 9. The Labute approximate surface area is 472 Å². The van der Waals surface area contributed by atoms with Gasteiger partial charge in [-0.1, -0.05) is 95.7 Å². The number of hydrogen-bond donors (Lipinski definition) is 0. The normalized spacial score (nSPS) is 13.4. The van der Waals surface area contributed by atoms with E-state index in [1.165, 1.54) is 0 Å². The zero-order valence-electron chi connectivity index (χ0n) is 44.3. The molecule has 80 heavy (non-hydrogen) atoms. The number of allylic oxidation sites excluding steroid dienone is 1. The molecule has 0 atom stereocenters. The number of fused-ring (bicyclic) bond motifs is 4. The molecule has 9 nitrogen and oxygen atoms in total. The summed E-state index contributed by atoms with van der Waals surface area (Å²) in [5.74, 6) is 16.4. The van der Waals surface area contributed by atoms with Crippen LogP contribution in [-0.2, 0) is 0 Å². The maximum absolute atomic E-state index is 16.8. The van der Waals surface area contributed by atoms with Crippen LogP contribution in [-0.4, -0.2) is 66.0 Å². The van der Waals surface area contributed by atoms with E-state index >= 15 is 8.63 Å².